The van der Waals surface area contributed by atoms with Crippen LogP contribution in [0.1, 0.15) is 47.1 Å². The van der Waals surface area contributed by atoms with Gasteiger partial charge in [-0.1, -0.05) is 90.6 Å². The predicted molar refractivity (Wildman–Crippen MR) is 126 cm³/mol. The van der Waals surface area contributed by atoms with Gasteiger partial charge in [-0.25, -0.2) is 0 Å². The molecule has 0 aliphatic carbocycles. The van der Waals surface area contributed by atoms with Crippen molar-refractivity contribution >= 4 is 17.5 Å². The molecule has 3 rings (SSSR count). The third-order valence-corrected chi connectivity index (χ3v) is 3.55. The van der Waals surface area contributed by atoms with Crippen molar-refractivity contribution in [2.75, 3.05) is 12.4 Å². The van der Waals surface area contributed by atoms with Crippen molar-refractivity contribution in [2.45, 2.75) is 41.5 Å². The van der Waals surface area contributed by atoms with Crippen LogP contribution in [-0.4, -0.2) is 7.05 Å². The third-order valence-electron chi connectivity index (χ3n) is 3.55. The molecule has 1 aliphatic rings. The molecule has 2 nitrogen and oxygen atoms in total. The van der Waals surface area contributed by atoms with Gasteiger partial charge in [0.05, 0.1) is 0 Å². The van der Waals surface area contributed by atoms with Crippen molar-refractivity contribution in [1.82, 2.24) is 5.32 Å². The standard InChI is InChI=1S/C19H18N2.3C2H6/c1-14(20-2)7-3-4-8-15-11-12-16-13-18(15)17-9-5-6-10-19(17)21-16;3*1-2/h3-13,20-21H,1H2,2H3;3*1-2H3/b7-3-,8-4-;;;. The first-order chi connectivity index (χ1) is 13.3. The van der Waals surface area contributed by atoms with Gasteiger partial charge in [0.2, 0.25) is 0 Å². The molecule has 0 fully saturated rings. The van der Waals surface area contributed by atoms with Crippen LogP contribution in [0.3, 0.4) is 0 Å². The number of hydrogen-bond acceptors (Lipinski definition) is 2. The number of hydrogen-bond donors (Lipinski definition) is 2. The molecule has 0 unspecified atom stereocenters. The molecular formula is C25H36N2. The van der Waals surface area contributed by atoms with Crippen LogP contribution in [0.25, 0.3) is 17.2 Å². The normalized spacial score (nSPS) is 10.2. The van der Waals surface area contributed by atoms with Crippen molar-refractivity contribution in [3.63, 3.8) is 0 Å². The maximum absolute atomic E-state index is 3.86. The Morgan fingerprint density at radius 1 is 0.889 bits per heavy atom. The summed E-state index contributed by atoms with van der Waals surface area (Å²) in [7, 11) is 1.86. The van der Waals surface area contributed by atoms with Crippen LogP contribution in [0.4, 0.5) is 11.4 Å². The van der Waals surface area contributed by atoms with E-state index >= 15 is 0 Å². The molecule has 0 radical (unpaired) electrons. The van der Waals surface area contributed by atoms with Gasteiger partial charge in [-0.05, 0) is 35.4 Å². The first-order valence-electron chi connectivity index (χ1n) is 10.00. The van der Waals surface area contributed by atoms with Gasteiger partial charge >= 0.3 is 0 Å². The van der Waals surface area contributed by atoms with Crippen LogP contribution in [0.5, 0.6) is 0 Å². The first kappa shape index (κ1) is 24.3. The molecule has 2 heteroatoms. The summed E-state index contributed by atoms with van der Waals surface area (Å²) < 4.78 is 0. The van der Waals surface area contributed by atoms with E-state index in [4.69, 9.17) is 0 Å². The van der Waals surface area contributed by atoms with Crippen LogP contribution in [0.2, 0.25) is 0 Å². The number of para-hydroxylation sites is 1. The maximum atomic E-state index is 3.86. The summed E-state index contributed by atoms with van der Waals surface area (Å²) in [6.45, 7) is 15.9. The number of allylic oxidation sites excluding steroid dienone is 3. The molecule has 2 aromatic carbocycles. The largest absolute Gasteiger partial charge is 0.389 e. The molecule has 0 spiro atoms. The minimum atomic E-state index is 0.894. The Morgan fingerprint density at radius 2 is 1.56 bits per heavy atom. The third kappa shape index (κ3) is 7.18. The lowest BCUT2D eigenvalue weighted by Gasteiger charge is -2.20. The molecule has 0 saturated heterocycles. The van der Waals surface area contributed by atoms with E-state index in [9.17, 15) is 0 Å². The smallest absolute Gasteiger partial charge is 0.0464 e. The van der Waals surface area contributed by atoms with E-state index in [0.717, 1.165) is 11.4 Å². The fourth-order valence-electron chi connectivity index (χ4n) is 2.41. The average molecular weight is 365 g/mol. The minimum absolute atomic E-state index is 0.894. The lowest BCUT2D eigenvalue weighted by atomic mass is 9.94. The van der Waals surface area contributed by atoms with Gasteiger partial charge in [-0.3, -0.25) is 0 Å². The molecule has 0 atom stereocenters. The van der Waals surface area contributed by atoms with E-state index < -0.39 is 0 Å². The van der Waals surface area contributed by atoms with E-state index in [1.807, 2.05) is 66.8 Å². The van der Waals surface area contributed by atoms with Crippen LogP contribution in [0, 0.1) is 0 Å². The number of benzene rings is 2. The molecule has 2 bridgehead atoms. The van der Waals surface area contributed by atoms with E-state index in [2.05, 4.69) is 65.8 Å². The highest BCUT2D eigenvalue weighted by atomic mass is 14.9. The summed E-state index contributed by atoms with van der Waals surface area (Å²) in [5, 5.41) is 6.41. The minimum Gasteiger partial charge on any atom is -0.389 e. The van der Waals surface area contributed by atoms with Crippen molar-refractivity contribution in [2.24, 2.45) is 0 Å². The van der Waals surface area contributed by atoms with Crippen LogP contribution in [0.15, 0.2) is 73.0 Å². The predicted octanol–water partition coefficient (Wildman–Crippen LogP) is 7.79. The first-order valence-corrected chi connectivity index (χ1v) is 10.00. The molecule has 1 aliphatic heterocycles. The van der Waals surface area contributed by atoms with Gasteiger partial charge < -0.3 is 10.6 Å². The highest BCUT2D eigenvalue weighted by molar-refractivity contribution is 5.91. The average Bonchev–Trinajstić information content (AvgIpc) is 2.76. The monoisotopic (exact) mass is 364 g/mol. The zero-order valence-electron chi connectivity index (χ0n) is 18.1. The van der Waals surface area contributed by atoms with Gasteiger partial charge in [-0.15, -0.1) is 0 Å². The molecule has 0 amide bonds. The molecule has 0 aromatic heterocycles. The highest BCUT2D eigenvalue weighted by Crippen LogP contribution is 2.39. The maximum Gasteiger partial charge on any atom is 0.0464 e. The van der Waals surface area contributed by atoms with Crippen LogP contribution >= 0.6 is 0 Å². The topological polar surface area (TPSA) is 24.1 Å². The Labute approximate surface area is 166 Å². The van der Waals surface area contributed by atoms with E-state index in [1.165, 1.54) is 22.4 Å². The summed E-state index contributed by atoms with van der Waals surface area (Å²) in [5.74, 6) is 0. The number of anilines is 2. The quantitative estimate of drug-likeness (QED) is 0.462. The van der Waals surface area contributed by atoms with Gasteiger partial charge in [0, 0.05) is 29.7 Å². The van der Waals surface area contributed by atoms with Gasteiger partial charge in [0.1, 0.15) is 0 Å². The summed E-state index contributed by atoms with van der Waals surface area (Å²) in [6.07, 6.45) is 8.11. The second-order valence-electron chi connectivity index (χ2n) is 4.97. The zero-order chi connectivity index (χ0) is 20.7. The number of fused-ring (bicyclic) bond motifs is 4. The van der Waals surface area contributed by atoms with Crippen LogP contribution < -0.4 is 10.6 Å². The highest BCUT2D eigenvalue weighted by Gasteiger charge is 2.13. The Bertz CT molecular complexity index is 740. The Hall–Kier alpha value is -2.74. The second-order valence-corrected chi connectivity index (χ2v) is 4.97. The van der Waals surface area contributed by atoms with E-state index in [0.29, 0.717) is 0 Å². The lowest BCUT2D eigenvalue weighted by Crippen LogP contribution is -2.00. The molecule has 1 heterocycles. The van der Waals surface area contributed by atoms with E-state index in [-0.39, 0.29) is 0 Å². The molecule has 27 heavy (non-hydrogen) atoms. The summed E-state index contributed by atoms with van der Waals surface area (Å²) in [4.78, 5) is 0. The lowest BCUT2D eigenvalue weighted by molar-refractivity contribution is 1.04. The number of rotatable bonds is 4. The molecular weight excluding hydrogens is 328 g/mol. The zero-order valence-corrected chi connectivity index (χ0v) is 18.1. The van der Waals surface area contributed by atoms with Crippen molar-refractivity contribution in [1.29, 1.82) is 0 Å². The van der Waals surface area contributed by atoms with Gasteiger partial charge in [0.25, 0.3) is 0 Å². The number of nitrogens with one attached hydrogen (secondary N) is 2. The summed E-state index contributed by atoms with van der Waals surface area (Å²) in [6, 6.07) is 14.8. The Morgan fingerprint density at radius 3 is 2.22 bits per heavy atom. The summed E-state index contributed by atoms with van der Waals surface area (Å²) >= 11 is 0. The Balaban J connectivity index is 0.00000103. The van der Waals surface area contributed by atoms with Gasteiger partial charge in [0.15, 0.2) is 0 Å². The summed E-state index contributed by atoms with van der Waals surface area (Å²) in [5.41, 5.74) is 6.92. The Kier molecular flexibility index (Phi) is 13.0. The van der Waals surface area contributed by atoms with Crippen molar-refractivity contribution in [3.05, 3.63) is 78.5 Å². The molecule has 2 N–H and O–H groups in total. The molecule has 0 saturated carbocycles. The van der Waals surface area contributed by atoms with Gasteiger partial charge in [-0.2, -0.15) is 0 Å². The van der Waals surface area contributed by atoms with Crippen molar-refractivity contribution in [3.8, 4) is 11.1 Å². The van der Waals surface area contributed by atoms with E-state index in [1.54, 1.807) is 0 Å². The molecule has 146 valence electrons. The van der Waals surface area contributed by atoms with Crippen molar-refractivity contribution < 1.29 is 0 Å². The fraction of sp³-hybridized carbons (Fsp3) is 0.280. The fourth-order valence-corrected chi connectivity index (χ4v) is 2.41. The van der Waals surface area contributed by atoms with Crippen LogP contribution in [-0.2, 0) is 0 Å². The second kappa shape index (κ2) is 14.4. The number of likely N-dealkylation sites (N-methyl/N-ethyl adjacent to an activating group) is 1. The SMILES string of the molecule is C=C(/C=C\C=C/c1ccc2cc1-c1ccccc1N2)NC.CC.CC.CC. The molecule has 2 aromatic rings.